The van der Waals surface area contributed by atoms with Crippen LogP contribution >= 0.6 is 0 Å². The number of rotatable bonds is 5. The zero-order chi connectivity index (χ0) is 22.8. The minimum atomic E-state index is -0.760. The largest absolute Gasteiger partial charge is 0.456 e. The Kier molecular flexibility index (Phi) is 6.15. The number of nitrogens with two attached hydrogens (primary N) is 1. The molecule has 2 N–H and O–H groups in total. The fourth-order valence-electron chi connectivity index (χ4n) is 2.90. The molecule has 0 bridgehead atoms. The number of carbonyl (C=O) groups is 2. The third kappa shape index (κ3) is 5.51. The molecular weight excluding hydrogens is 397 g/mol. The van der Waals surface area contributed by atoms with Crippen LogP contribution in [0.5, 0.6) is 0 Å². The van der Waals surface area contributed by atoms with E-state index in [1.165, 1.54) is 18.3 Å². The molecule has 0 spiro atoms. The minimum absolute atomic E-state index is 0.00621. The van der Waals surface area contributed by atoms with Crippen LogP contribution < -0.4 is 5.73 Å². The number of nitrogens with zero attached hydrogens (tertiary/aromatic N) is 2. The monoisotopic (exact) mass is 421 g/mol. The van der Waals surface area contributed by atoms with Crippen LogP contribution in [0.4, 0.5) is 10.2 Å². The first-order chi connectivity index (χ1) is 14.5. The number of nitrogen functional groups attached to an aromatic ring is 1. The van der Waals surface area contributed by atoms with Gasteiger partial charge in [0.25, 0.3) is 0 Å². The van der Waals surface area contributed by atoms with Crippen LogP contribution in [0.1, 0.15) is 52.7 Å². The van der Waals surface area contributed by atoms with Crippen LogP contribution in [-0.2, 0) is 11.2 Å². The first-order valence-electron chi connectivity index (χ1n) is 9.78. The molecule has 1 heterocycles. The number of hydrogen-bond donors (Lipinski definition) is 1. The molecule has 0 aliphatic rings. The number of aromatic nitrogens is 2. The molecule has 3 rings (SSSR count). The number of Topliss-reactive ketones (excluding diaryl/α,β-unsaturated/α-hetero) is 1. The van der Waals surface area contributed by atoms with Crippen LogP contribution in [-0.4, -0.2) is 27.3 Å². The van der Waals surface area contributed by atoms with E-state index in [1.807, 2.05) is 31.2 Å². The molecule has 0 saturated carbocycles. The molecule has 160 valence electrons. The Bertz CT molecular complexity index is 1140. The van der Waals surface area contributed by atoms with Crippen LogP contribution in [0, 0.1) is 12.7 Å². The van der Waals surface area contributed by atoms with Gasteiger partial charge in [-0.2, -0.15) is 0 Å². The van der Waals surface area contributed by atoms with Crippen molar-refractivity contribution in [2.75, 3.05) is 5.73 Å². The fourth-order valence-corrected chi connectivity index (χ4v) is 2.90. The van der Waals surface area contributed by atoms with Crippen molar-refractivity contribution in [3.63, 3.8) is 0 Å². The molecule has 0 aliphatic carbocycles. The van der Waals surface area contributed by atoms with E-state index in [1.54, 1.807) is 20.8 Å². The molecule has 0 fully saturated rings. The molecule has 0 aliphatic heterocycles. The Morgan fingerprint density at radius 1 is 1.10 bits per heavy atom. The molecule has 0 unspecified atom stereocenters. The molecule has 7 heteroatoms. The number of ketones is 1. The third-order valence-electron chi connectivity index (χ3n) is 4.43. The summed E-state index contributed by atoms with van der Waals surface area (Å²) < 4.78 is 19.7. The molecular formula is C24H24FN3O3. The van der Waals surface area contributed by atoms with E-state index >= 15 is 0 Å². The van der Waals surface area contributed by atoms with Gasteiger partial charge in [-0.05, 0) is 45.4 Å². The summed E-state index contributed by atoms with van der Waals surface area (Å²) in [4.78, 5) is 33.4. The lowest BCUT2D eigenvalue weighted by Crippen LogP contribution is -2.24. The molecule has 0 amide bonds. The summed E-state index contributed by atoms with van der Waals surface area (Å²) in [5, 5.41) is 0. The fraction of sp³-hybridized carbons (Fsp3) is 0.250. The summed E-state index contributed by atoms with van der Waals surface area (Å²) in [6.07, 6.45) is 1.37. The smallest absolute Gasteiger partial charge is 0.341 e. The Labute approximate surface area is 180 Å². The zero-order valence-corrected chi connectivity index (χ0v) is 17.9. The van der Waals surface area contributed by atoms with Gasteiger partial charge < -0.3 is 10.5 Å². The number of ether oxygens (including phenoxy) is 1. The van der Waals surface area contributed by atoms with Gasteiger partial charge in [0, 0.05) is 12.0 Å². The van der Waals surface area contributed by atoms with E-state index in [9.17, 15) is 14.0 Å². The molecule has 3 aromatic rings. The van der Waals surface area contributed by atoms with Crippen LogP contribution in [0.3, 0.4) is 0 Å². The molecule has 0 atom stereocenters. The number of halogens is 1. The van der Waals surface area contributed by atoms with Crippen molar-refractivity contribution in [3.8, 4) is 11.3 Å². The van der Waals surface area contributed by atoms with E-state index < -0.39 is 23.2 Å². The number of benzene rings is 2. The Morgan fingerprint density at radius 2 is 1.77 bits per heavy atom. The maximum atomic E-state index is 14.5. The first kappa shape index (κ1) is 22.1. The minimum Gasteiger partial charge on any atom is -0.456 e. The highest BCUT2D eigenvalue weighted by Gasteiger charge is 2.22. The van der Waals surface area contributed by atoms with Crippen LogP contribution in [0.15, 0.2) is 48.7 Å². The summed E-state index contributed by atoms with van der Waals surface area (Å²) >= 11 is 0. The number of aryl methyl sites for hydroxylation is 1. The summed E-state index contributed by atoms with van der Waals surface area (Å²) in [6.45, 7) is 7.07. The normalized spacial score (nSPS) is 11.3. The van der Waals surface area contributed by atoms with Gasteiger partial charge >= 0.3 is 5.97 Å². The first-order valence-corrected chi connectivity index (χ1v) is 9.78. The van der Waals surface area contributed by atoms with Crippen molar-refractivity contribution in [3.05, 3.63) is 76.9 Å². The summed E-state index contributed by atoms with van der Waals surface area (Å²) in [7, 11) is 0. The van der Waals surface area contributed by atoms with Gasteiger partial charge in [0.2, 0.25) is 0 Å². The third-order valence-corrected chi connectivity index (χ3v) is 4.43. The van der Waals surface area contributed by atoms with Gasteiger partial charge in [0.05, 0.1) is 17.5 Å². The quantitative estimate of drug-likeness (QED) is 0.480. The van der Waals surface area contributed by atoms with Crippen molar-refractivity contribution in [1.29, 1.82) is 0 Å². The summed E-state index contributed by atoms with van der Waals surface area (Å²) in [5.41, 5.74) is 7.77. The molecule has 31 heavy (non-hydrogen) atoms. The number of anilines is 1. The second-order valence-electron chi connectivity index (χ2n) is 8.27. The lowest BCUT2D eigenvalue weighted by atomic mass is 10.0. The molecule has 6 nitrogen and oxygen atoms in total. The van der Waals surface area contributed by atoms with E-state index in [0.717, 1.165) is 17.2 Å². The highest BCUT2D eigenvalue weighted by molar-refractivity contribution is 6.00. The van der Waals surface area contributed by atoms with Crippen molar-refractivity contribution >= 4 is 17.6 Å². The Hall–Kier alpha value is -3.61. The second-order valence-corrected chi connectivity index (χ2v) is 8.27. The number of esters is 1. The molecule has 2 aromatic carbocycles. The predicted molar refractivity (Wildman–Crippen MR) is 116 cm³/mol. The molecule has 1 aromatic heterocycles. The second kappa shape index (κ2) is 8.63. The van der Waals surface area contributed by atoms with E-state index in [2.05, 4.69) is 9.97 Å². The standard InChI is InChI=1S/C24H24FN3O3/c1-14-5-8-16(9-6-14)19-13-27-22(26)21(28-19)20(29)12-15-7-10-17(18(25)11-15)23(30)31-24(2,3)4/h5-11,13H,12H2,1-4H3,(H2,26,27). The van der Waals surface area contributed by atoms with Crippen LogP contribution in [0.25, 0.3) is 11.3 Å². The zero-order valence-electron chi connectivity index (χ0n) is 17.9. The average molecular weight is 421 g/mol. The van der Waals surface area contributed by atoms with Crippen molar-refractivity contribution in [2.45, 2.75) is 39.7 Å². The van der Waals surface area contributed by atoms with Crippen molar-refractivity contribution < 1.29 is 18.7 Å². The van der Waals surface area contributed by atoms with Crippen molar-refractivity contribution in [1.82, 2.24) is 9.97 Å². The average Bonchev–Trinajstić information content (AvgIpc) is 2.67. The number of carbonyl (C=O) groups excluding carboxylic acids is 2. The SMILES string of the molecule is Cc1ccc(-c2cnc(N)c(C(=O)Cc3ccc(C(=O)OC(C)(C)C)c(F)c3)n2)cc1. The maximum Gasteiger partial charge on any atom is 0.341 e. The van der Waals surface area contributed by atoms with E-state index in [-0.39, 0.29) is 23.5 Å². The van der Waals surface area contributed by atoms with Gasteiger partial charge in [-0.25, -0.2) is 19.2 Å². The highest BCUT2D eigenvalue weighted by atomic mass is 19.1. The van der Waals surface area contributed by atoms with Gasteiger partial charge in [-0.3, -0.25) is 4.79 Å². The topological polar surface area (TPSA) is 95.2 Å². The van der Waals surface area contributed by atoms with Crippen molar-refractivity contribution in [2.24, 2.45) is 0 Å². The maximum absolute atomic E-state index is 14.5. The molecule has 0 radical (unpaired) electrons. The number of hydrogen-bond acceptors (Lipinski definition) is 6. The van der Waals surface area contributed by atoms with Crippen LogP contribution in [0.2, 0.25) is 0 Å². The lowest BCUT2D eigenvalue weighted by Gasteiger charge is -2.19. The van der Waals surface area contributed by atoms with E-state index in [0.29, 0.717) is 11.3 Å². The van der Waals surface area contributed by atoms with Gasteiger partial charge in [-0.15, -0.1) is 0 Å². The Balaban J connectivity index is 1.81. The van der Waals surface area contributed by atoms with Gasteiger partial charge in [0.15, 0.2) is 11.6 Å². The highest BCUT2D eigenvalue weighted by Crippen LogP contribution is 2.21. The summed E-state index contributed by atoms with van der Waals surface area (Å²) in [6, 6.07) is 11.6. The Morgan fingerprint density at radius 3 is 2.39 bits per heavy atom. The van der Waals surface area contributed by atoms with Gasteiger partial charge in [0.1, 0.15) is 17.1 Å². The van der Waals surface area contributed by atoms with E-state index in [4.69, 9.17) is 10.5 Å². The lowest BCUT2D eigenvalue weighted by molar-refractivity contribution is 0.00646. The van der Waals surface area contributed by atoms with Gasteiger partial charge in [-0.1, -0.05) is 35.9 Å². The predicted octanol–water partition coefficient (Wildman–Crippen LogP) is 4.55. The summed E-state index contributed by atoms with van der Waals surface area (Å²) in [5.74, 6) is -1.91. The molecule has 0 saturated heterocycles.